The van der Waals surface area contributed by atoms with Crippen LogP contribution in [0.4, 0.5) is 0 Å². The number of rotatable bonds is 5. The van der Waals surface area contributed by atoms with Crippen LogP contribution in [0.15, 0.2) is 24.5 Å². The molecule has 1 atom stereocenters. The molecule has 142 valence electrons. The van der Waals surface area contributed by atoms with Crippen molar-refractivity contribution in [2.75, 3.05) is 26.2 Å². The fraction of sp³-hybridized carbons (Fsp3) is 0.650. The van der Waals surface area contributed by atoms with Crippen molar-refractivity contribution in [2.45, 2.75) is 52.2 Å². The van der Waals surface area contributed by atoms with Gasteiger partial charge in [-0.25, -0.2) is 0 Å². The third kappa shape index (κ3) is 4.61. The summed E-state index contributed by atoms with van der Waals surface area (Å²) in [6.45, 7) is 6.89. The number of aromatic nitrogens is 1. The minimum Gasteiger partial charge on any atom is -0.369 e. The van der Waals surface area contributed by atoms with Gasteiger partial charge in [-0.05, 0) is 50.8 Å². The number of likely N-dealkylation sites (tertiary alicyclic amines) is 2. The van der Waals surface area contributed by atoms with Crippen molar-refractivity contribution in [1.29, 1.82) is 0 Å². The number of carbonyl (C=O) groups is 2. The summed E-state index contributed by atoms with van der Waals surface area (Å²) in [7, 11) is 0. The fourth-order valence-electron chi connectivity index (χ4n) is 4.04. The van der Waals surface area contributed by atoms with Gasteiger partial charge in [-0.3, -0.25) is 14.6 Å². The van der Waals surface area contributed by atoms with Gasteiger partial charge in [-0.2, -0.15) is 0 Å². The average molecular weight is 359 g/mol. The Morgan fingerprint density at radius 1 is 1.27 bits per heavy atom. The molecule has 2 saturated heterocycles. The Hall–Kier alpha value is -1.95. The molecule has 2 aliphatic rings. The molecule has 1 aromatic rings. The van der Waals surface area contributed by atoms with E-state index in [0.29, 0.717) is 13.0 Å². The predicted octanol–water partition coefficient (Wildman–Crippen LogP) is 2.24. The first kappa shape index (κ1) is 18.8. The zero-order chi connectivity index (χ0) is 18.6. The van der Waals surface area contributed by atoms with E-state index in [-0.39, 0.29) is 29.9 Å². The molecule has 0 N–H and O–H groups in total. The second kappa shape index (κ2) is 8.16. The highest BCUT2D eigenvalue weighted by Gasteiger charge is 2.42. The summed E-state index contributed by atoms with van der Waals surface area (Å²) in [6, 6.07) is 3.91. The summed E-state index contributed by atoms with van der Waals surface area (Å²) >= 11 is 0. The van der Waals surface area contributed by atoms with Crippen LogP contribution in [0.5, 0.6) is 0 Å². The Labute approximate surface area is 155 Å². The molecular weight excluding hydrogens is 330 g/mol. The van der Waals surface area contributed by atoms with Crippen molar-refractivity contribution in [3.63, 3.8) is 0 Å². The van der Waals surface area contributed by atoms with Gasteiger partial charge >= 0.3 is 0 Å². The number of piperidine rings is 2. The molecule has 1 spiro atoms. The molecule has 1 aromatic heterocycles. The van der Waals surface area contributed by atoms with Crippen molar-refractivity contribution in [2.24, 2.45) is 5.41 Å². The van der Waals surface area contributed by atoms with Gasteiger partial charge in [0.2, 0.25) is 11.8 Å². The van der Waals surface area contributed by atoms with Crippen LogP contribution in [-0.4, -0.2) is 58.9 Å². The SMILES string of the molecule is CC(C)OCC(=O)N1CCC[C@@]2(CCC(=O)N(Cc3ccncc3)C2)C1. The maximum absolute atomic E-state index is 12.5. The van der Waals surface area contributed by atoms with Gasteiger partial charge in [-0.15, -0.1) is 0 Å². The Kier molecular flexibility index (Phi) is 5.91. The molecule has 0 unspecified atom stereocenters. The summed E-state index contributed by atoms with van der Waals surface area (Å²) in [6.07, 6.45) is 7.07. The van der Waals surface area contributed by atoms with Crippen molar-refractivity contribution < 1.29 is 14.3 Å². The second-order valence-corrected chi connectivity index (χ2v) is 7.88. The van der Waals surface area contributed by atoms with Crippen LogP contribution in [0.3, 0.4) is 0 Å². The summed E-state index contributed by atoms with van der Waals surface area (Å²) in [5.41, 5.74) is 1.12. The van der Waals surface area contributed by atoms with Crippen LogP contribution < -0.4 is 0 Å². The molecule has 0 radical (unpaired) electrons. The van der Waals surface area contributed by atoms with Gasteiger partial charge in [-0.1, -0.05) is 0 Å². The standard InChI is InChI=1S/C20H29N3O3/c1-16(2)26-13-19(25)22-11-3-7-20(14-22)8-4-18(24)23(15-20)12-17-5-9-21-10-6-17/h5-6,9-10,16H,3-4,7-8,11-15H2,1-2H3/t20-/m1/s1. The number of carbonyl (C=O) groups excluding carboxylic acids is 2. The van der Waals surface area contributed by atoms with E-state index < -0.39 is 0 Å². The molecule has 0 saturated carbocycles. The van der Waals surface area contributed by atoms with Crippen LogP contribution in [0.1, 0.15) is 45.1 Å². The van der Waals surface area contributed by atoms with Crippen molar-refractivity contribution >= 4 is 11.8 Å². The molecule has 3 heterocycles. The quantitative estimate of drug-likeness (QED) is 0.809. The zero-order valence-corrected chi connectivity index (χ0v) is 15.8. The van der Waals surface area contributed by atoms with E-state index in [1.807, 2.05) is 35.8 Å². The summed E-state index contributed by atoms with van der Waals surface area (Å²) in [5, 5.41) is 0. The Balaban J connectivity index is 1.64. The molecule has 26 heavy (non-hydrogen) atoms. The second-order valence-electron chi connectivity index (χ2n) is 7.88. The van der Waals surface area contributed by atoms with Gasteiger partial charge in [0.1, 0.15) is 6.61 Å². The maximum Gasteiger partial charge on any atom is 0.248 e. The third-order valence-electron chi connectivity index (χ3n) is 5.43. The number of hydrogen-bond donors (Lipinski definition) is 0. The fourth-order valence-corrected chi connectivity index (χ4v) is 4.04. The van der Waals surface area contributed by atoms with Crippen molar-refractivity contribution in [3.8, 4) is 0 Å². The minimum atomic E-state index is 0.0205. The maximum atomic E-state index is 12.5. The van der Waals surface area contributed by atoms with Gasteiger partial charge in [0, 0.05) is 50.4 Å². The predicted molar refractivity (Wildman–Crippen MR) is 98.2 cm³/mol. The van der Waals surface area contributed by atoms with E-state index in [2.05, 4.69) is 4.98 Å². The Morgan fingerprint density at radius 3 is 2.77 bits per heavy atom. The lowest BCUT2D eigenvalue weighted by Crippen LogP contribution is -2.55. The average Bonchev–Trinajstić information content (AvgIpc) is 2.64. The smallest absolute Gasteiger partial charge is 0.248 e. The number of pyridine rings is 1. The lowest BCUT2D eigenvalue weighted by Gasteiger charge is -2.48. The van der Waals surface area contributed by atoms with E-state index in [9.17, 15) is 9.59 Å². The number of nitrogens with zero attached hydrogens (tertiary/aromatic N) is 3. The van der Waals surface area contributed by atoms with E-state index >= 15 is 0 Å². The van der Waals surface area contributed by atoms with Crippen LogP contribution in [0.25, 0.3) is 0 Å². The van der Waals surface area contributed by atoms with Crippen molar-refractivity contribution in [3.05, 3.63) is 30.1 Å². The Bertz CT molecular complexity index is 634. The molecule has 2 aliphatic heterocycles. The molecule has 6 nitrogen and oxygen atoms in total. The molecule has 2 amide bonds. The van der Waals surface area contributed by atoms with Gasteiger partial charge in [0.05, 0.1) is 6.10 Å². The van der Waals surface area contributed by atoms with Crippen LogP contribution in [-0.2, 0) is 20.9 Å². The molecule has 0 aliphatic carbocycles. The molecule has 2 fully saturated rings. The van der Waals surface area contributed by atoms with Crippen LogP contribution in [0.2, 0.25) is 0 Å². The van der Waals surface area contributed by atoms with Crippen LogP contribution in [0, 0.1) is 5.41 Å². The lowest BCUT2D eigenvalue weighted by molar-refractivity contribution is -0.146. The van der Waals surface area contributed by atoms with E-state index in [4.69, 9.17) is 4.74 Å². The molecule has 0 aromatic carbocycles. The summed E-state index contributed by atoms with van der Waals surface area (Å²) in [4.78, 5) is 32.8. The first-order chi connectivity index (χ1) is 12.5. The van der Waals surface area contributed by atoms with Crippen LogP contribution >= 0.6 is 0 Å². The molecule has 6 heteroatoms. The highest BCUT2D eigenvalue weighted by molar-refractivity contribution is 5.78. The highest BCUT2D eigenvalue weighted by Crippen LogP contribution is 2.39. The van der Waals surface area contributed by atoms with E-state index in [1.54, 1.807) is 12.4 Å². The summed E-state index contributed by atoms with van der Waals surface area (Å²) in [5.74, 6) is 0.273. The minimum absolute atomic E-state index is 0.0205. The number of amides is 2. The first-order valence-corrected chi connectivity index (χ1v) is 9.53. The van der Waals surface area contributed by atoms with E-state index in [1.165, 1.54) is 0 Å². The monoisotopic (exact) mass is 359 g/mol. The van der Waals surface area contributed by atoms with Gasteiger partial charge < -0.3 is 14.5 Å². The van der Waals surface area contributed by atoms with Gasteiger partial charge in [0.15, 0.2) is 0 Å². The molecule has 0 bridgehead atoms. The van der Waals surface area contributed by atoms with E-state index in [0.717, 1.165) is 44.5 Å². The van der Waals surface area contributed by atoms with Crippen molar-refractivity contribution in [1.82, 2.24) is 14.8 Å². The molecule has 3 rings (SSSR count). The highest BCUT2D eigenvalue weighted by atomic mass is 16.5. The topological polar surface area (TPSA) is 62.7 Å². The number of hydrogen-bond acceptors (Lipinski definition) is 4. The largest absolute Gasteiger partial charge is 0.369 e. The first-order valence-electron chi connectivity index (χ1n) is 9.53. The van der Waals surface area contributed by atoms with Gasteiger partial charge in [0.25, 0.3) is 0 Å². The zero-order valence-electron chi connectivity index (χ0n) is 15.8. The Morgan fingerprint density at radius 2 is 2.04 bits per heavy atom. The molecular formula is C20H29N3O3. The number of ether oxygens (including phenoxy) is 1. The normalized spacial score (nSPS) is 23.7. The summed E-state index contributed by atoms with van der Waals surface area (Å²) < 4.78 is 5.49. The third-order valence-corrected chi connectivity index (χ3v) is 5.43. The lowest BCUT2D eigenvalue weighted by atomic mass is 9.73.